The number of hydrogen-bond donors (Lipinski definition) is 1. The number of para-hydroxylation sites is 2. The van der Waals surface area contributed by atoms with Crippen molar-refractivity contribution in [2.75, 3.05) is 26.2 Å². The van der Waals surface area contributed by atoms with E-state index in [1.54, 1.807) is 42.5 Å². The zero-order chi connectivity index (χ0) is 22.8. The molecule has 0 saturated carbocycles. The van der Waals surface area contributed by atoms with Crippen LogP contribution >= 0.6 is 11.3 Å². The molecule has 1 unspecified atom stereocenters. The summed E-state index contributed by atoms with van der Waals surface area (Å²) in [4.78, 5) is 28.5. The molecule has 0 bridgehead atoms. The summed E-state index contributed by atoms with van der Waals surface area (Å²) in [6.07, 6.45) is 0. The topological polar surface area (TPSA) is 85.3 Å². The number of rotatable bonds is 6. The smallest absolute Gasteiger partial charge is 0.300 e. The van der Waals surface area contributed by atoms with Gasteiger partial charge < -0.3 is 19.3 Å². The second-order valence-electron chi connectivity index (χ2n) is 6.92. The number of carbonyl (C=O) groups excluding carboxylic acids is 2. The predicted octanol–water partition coefficient (Wildman–Crippen LogP) is 4.40. The van der Waals surface area contributed by atoms with Gasteiger partial charge >= 0.3 is 0 Å². The van der Waals surface area contributed by atoms with E-state index in [0.717, 1.165) is 4.88 Å². The summed E-state index contributed by atoms with van der Waals surface area (Å²) in [5.41, 5.74) is 0.705. The first-order chi connectivity index (χ1) is 15.5. The third-order valence-electron chi connectivity index (χ3n) is 5.27. The quantitative estimate of drug-likeness (QED) is 0.340. The fraction of sp³-hybridized carbons (Fsp3) is 0.167. The van der Waals surface area contributed by atoms with Crippen molar-refractivity contribution in [2.24, 2.45) is 0 Å². The highest BCUT2D eigenvalue weighted by atomic mass is 32.1. The van der Waals surface area contributed by atoms with Crippen LogP contribution < -0.4 is 19.1 Å². The normalized spacial score (nSPS) is 17.5. The summed E-state index contributed by atoms with van der Waals surface area (Å²) >= 11 is 1.39. The number of aliphatic hydroxyl groups excluding tert-OH is 1. The number of aliphatic hydroxyl groups is 1. The van der Waals surface area contributed by atoms with Crippen molar-refractivity contribution in [1.82, 2.24) is 0 Å². The summed E-state index contributed by atoms with van der Waals surface area (Å²) in [5, 5.41) is 13.1. The van der Waals surface area contributed by atoms with Gasteiger partial charge in [0.15, 0.2) is 0 Å². The van der Waals surface area contributed by atoms with Gasteiger partial charge in [0.2, 0.25) is 0 Å². The Labute approximate surface area is 189 Å². The zero-order valence-corrected chi connectivity index (χ0v) is 18.5. The predicted molar refractivity (Wildman–Crippen MR) is 122 cm³/mol. The van der Waals surface area contributed by atoms with E-state index in [4.69, 9.17) is 14.2 Å². The van der Waals surface area contributed by atoms with E-state index >= 15 is 0 Å². The van der Waals surface area contributed by atoms with E-state index in [9.17, 15) is 14.7 Å². The molecule has 1 amide bonds. The summed E-state index contributed by atoms with van der Waals surface area (Å²) < 4.78 is 16.1. The first-order valence-electron chi connectivity index (χ1n) is 9.71. The van der Waals surface area contributed by atoms with Crippen molar-refractivity contribution < 1.29 is 28.9 Å². The minimum absolute atomic E-state index is 0.0215. The number of Topliss-reactive ketones (excluding diaryl/α,β-unsaturated/α-hetero) is 1. The van der Waals surface area contributed by atoms with Gasteiger partial charge in [0, 0.05) is 10.9 Å². The largest absolute Gasteiger partial charge is 0.507 e. The Hall–Kier alpha value is -3.78. The average Bonchev–Trinajstić information content (AvgIpc) is 3.45. The molecule has 0 aliphatic carbocycles. The fourth-order valence-corrected chi connectivity index (χ4v) is 4.59. The van der Waals surface area contributed by atoms with Crippen LogP contribution in [0, 0.1) is 0 Å². The Morgan fingerprint density at radius 1 is 0.938 bits per heavy atom. The molecule has 1 aliphatic rings. The second-order valence-corrected chi connectivity index (χ2v) is 7.90. The first-order valence-corrected chi connectivity index (χ1v) is 10.6. The molecule has 3 aromatic rings. The number of carbonyl (C=O) groups is 2. The molecule has 1 saturated heterocycles. The number of thiophene rings is 1. The molecule has 1 fully saturated rings. The molecule has 0 radical (unpaired) electrons. The molecule has 7 nitrogen and oxygen atoms in total. The highest BCUT2D eigenvalue weighted by molar-refractivity contribution is 7.10. The maximum absolute atomic E-state index is 13.2. The Kier molecular flexibility index (Phi) is 5.87. The molecule has 4 rings (SSSR count). The Morgan fingerprint density at radius 2 is 1.69 bits per heavy atom. The lowest BCUT2D eigenvalue weighted by Crippen LogP contribution is -2.29. The maximum atomic E-state index is 13.2. The molecule has 164 valence electrons. The number of ketones is 1. The standard InChI is InChI=1S/C24H21NO6S/c1-29-14-10-11-15(18(13-14)31-3)22(26)20-21(19-9-6-12-32-19)25(24(28)23(20)27)16-7-4-5-8-17(16)30-2/h4-13,21,26H,1-3H3/b22-20-. The number of ether oxygens (including phenoxy) is 3. The summed E-state index contributed by atoms with van der Waals surface area (Å²) in [6.45, 7) is 0. The molecule has 2 aromatic carbocycles. The van der Waals surface area contributed by atoms with E-state index in [2.05, 4.69) is 0 Å². The van der Waals surface area contributed by atoms with Crippen molar-refractivity contribution >= 4 is 34.5 Å². The SMILES string of the molecule is COc1ccc(/C(O)=C2/C(=O)C(=O)N(c3ccccc3OC)C2c2cccs2)c(OC)c1. The number of hydrogen-bond acceptors (Lipinski definition) is 7. The highest BCUT2D eigenvalue weighted by Crippen LogP contribution is 2.46. The third kappa shape index (κ3) is 3.48. The highest BCUT2D eigenvalue weighted by Gasteiger charge is 2.48. The molecule has 8 heteroatoms. The van der Waals surface area contributed by atoms with Gasteiger partial charge in [0.05, 0.1) is 38.2 Å². The number of anilines is 1. The van der Waals surface area contributed by atoms with Gasteiger partial charge in [-0.25, -0.2) is 0 Å². The van der Waals surface area contributed by atoms with Crippen LogP contribution in [0.2, 0.25) is 0 Å². The monoisotopic (exact) mass is 451 g/mol. The van der Waals surface area contributed by atoms with Crippen molar-refractivity contribution in [3.8, 4) is 17.2 Å². The molecule has 1 aliphatic heterocycles. The van der Waals surface area contributed by atoms with E-state index in [0.29, 0.717) is 22.9 Å². The van der Waals surface area contributed by atoms with E-state index in [-0.39, 0.29) is 16.9 Å². The lowest BCUT2D eigenvalue weighted by atomic mass is 9.99. The molecule has 1 aromatic heterocycles. The van der Waals surface area contributed by atoms with Crippen molar-refractivity contribution in [3.05, 3.63) is 76.0 Å². The van der Waals surface area contributed by atoms with Crippen molar-refractivity contribution in [2.45, 2.75) is 6.04 Å². The lowest BCUT2D eigenvalue weighted by Gasteiger charge is -2.25. The number of benzene rings is 2. The van der Waals surface area contributed by atoms with Crippen LogP contribution in [0.5, 0.6) is 17.2 Å². The fourth-order valence-electron chi connectivity index (χ4n) is 3.77. The van der Waals surface area contributed by atoms with Crippen LogP contribution in [0.4, 0.5) is 5.69 Å². The molecule has 2 heterocycles. The summed E-state index contributed by atoms with van der Waals surface area (Å²) in [5.74, 6) is -0.568. The Morgan fingerprint density at radius 3 is 2.34 bits per heavy atom. The molecule has 1 atom stereocenters. The van der Waals surface area contributed by atoms with Crippen molar-refractivity contribution in [3.63, 3.8) is 0 Å². The minimum Gasteiger partial charge on any atom is -0.507 e. The van der Waals surface area contributed by atoms with E-state index < -0.39 is 17.7 Å². The Balaban J connectivity index is 1.96. The molecule has 32 heavy (non-hydrogen) atoms. The lowest BCUT2D eigenvalue weighted by molar-refractivity contribution is -0.132. The molecule has 0 spiro atoms. The zero-order valence-electron chi connectivity index (χ0n) is 17.7. The number of methoxy groups -OCH3 is 3. The van der Waals surface area contributed by atoms with Crippen LogP contribution in [0.25, 0.3) is 5.76 Å². The van der Waals surface area contributed by atoms with Crippen LogP contribution in [-0.2, 0) is 9.59 Å². The first kappa shape index (κ1) is 21.5. The second kappa shape index (κ2) is 8.76. The van der Waals surface area contributed by atoms with Gasteiger partial charge in [-0.05, 0) is 35.7 Å². The van der Waals surface area contributed by atoms with Gasteiger partial charge in [-0.1, -0.05) is 18.2 Å². The molecular weight excluding hydrogens is 430 g/mol. The van der Waals surface area contributed by atoms with Crippen LogP contribution in [0.3, 0.4) is 0 Å². The van der Waals surface area contributed by atoms with Gasteiger partial charge in [-0.3, -0.25) is 14.5 Å². The van der Waals surface area contributed by atoms with E-state index in [1.165, 1.54) is 37.6 Å². The van der Waals surface area contributed by atoms with Gasteiger partial charge in [-0.15, -0.1) is 11.3 Å². The van der Waals surface area contributed by atoms with Gasteiger partial charge in [0.1, 0.15) is 29.0 Å². The summed E-state index contributed by atoms with van der Waals surface area (Å²) in [6, 6.07) is 14.6. The Bertz CT molecular complexity index is 1200. The summed E-state index contributed by atoms with van der Waals surface area (Å²) in [7, 11) is 4.47. The molecular formula is C24H21NO6S. The minimum atomic E-state index is -0.821. The molecule has 1 N–H and O–H groups in total. The average molecular weight is 452 g/mol. The van der Waals surface area contributed by atoms with Gasteiger partial charge in [-0.2, -0.15) is 0 Å². The maximum Gasteiger partial charge on any atom is 0.300 e. The number of nitrogens with zero attached hydrogens (tertiary/aromatic N) is 1. The van der Waals surface area contributed by atoms with Crippen LogP contribution in [0.15, 0.2) is 65.6 Å². The van der Waals surface area contributed by atoms with Gasteiger partial charge in [0.25, 0.3) is 11.7 Å². The van der Waals surface area contributed by atoms with Crippen LogP contribution in [-0.4, -0.2) is 38.1 Å². The third-order valence-corrected chi connectivity index (χ3v) is 6.19. The number of amides is 1. The van der Waals surface area contributed by atoms with Crippen molar-refractivity contribution in [1.29, 1.82) is 0 Å². The van der Waals surface area contributed by atoms with E-state index in [1.807, 2.05) is 17.5 Å². The van der Waals surface area contributed by atoms with Crippen LogP contribution in [0.1, 0.15) is 16.5 Å².